The van der Waals surface area contributed by atoms with Gasteiger partial charge < -0.3 is 9.73 Å². The zero-order valence-corrected chi connectivity index (χ0v) is 11.2. The first-order valence-electron chi connectivity index (χ1n) is 6.03. The topological polar surface area (TPSA) is 38.1 Å². The summed E-state index contributed by atoms with van der Waals surface area (Å²) in [5, 5.41) is 4.36. The van der Waals surface area contributed by atoms with Crippen molar-refractivity contribution in [2.75, 3.05) is 12.3 Å². The van der Waals surface area contributed by atoms with Gasteiger partial charge in [-0.25, -0.2) is 4.98 Å². The van der Waals surface area contributed by atoms with Crippen molar-refractivity contribution >= 4 is 11.8 Å². The number of hydrogen-bond donors (Lipinski definition) is 1. The lowest BCUT2D eigenvalue weighted by Crippen LogP contribution is -2.37. The van der Waals surface area contributed by atoms with Gasteiger partial charge in [0.25, 0.3) is 5.22 Å². The molecule has 1 N–H and O–H groups in total. The quantitative estimate of drug-likeness (QED) is 0.711. The largest absolute Gasteiger partial charge is 0.440 e. The van der Waals surface area contributed by atoms with Crippen molar-refractivity contribution in [3.8, 4) is 0 Å². The summed E-state index contributed by atoms with van der Waals surface area (Å²) >= 11 is 1.69. The SMILES string of the molecule is CCCNC(CSc1ncco1)C(C)CC. The van der Waals surface area contributed by atoms with Crippen LogP contribution in [0.1, 0.15) is 33.6 Å². The molecule has 0 saturated carbocycles. The van der Waals surface area contributed by atoms with Gasteiger partial charge in [-0.1, -0.05) is 39.0 Å². The number of rotatable bonds is 8. The minimum atomic E-state index is 0.543. The molecule has 0 radical (unpaired) electrons. The molecule has 1 aromatic rings. The average molecular weight is 242 g/mol. The highest BCUT2D eigenvalue weighted by atomic mass is 32.2. The molecule has 3 nitrogen and oxygen atoms in total. The Bertz CT molecular complexity index is 264. The summed E-state index contributed by atoms with van der Waals surface area (Å²) in [6.07, 6.45) is 5.70. The number of hydrogen-bond acceptors (Lipinski definition) is 4. The Morgan fingerprint density at radius 2 is 2.31 bits per heavy atom. The Labute approximate surface area is 102 Å². The second-order valence-electron chi connectivity index (χ2n) is 4.06. The van der Waals surface area contributed by atoms with Crippen molar-refractivity contribution in [3.63, 3.8) is 0 Å². The predicted molar refractivity (Wildman–Crippen MR) is 68.8 cm³/mol. The van der Waals surface area contributed by atoms with E-state index < -0.39 is 0 Å². The van der Waals surface area contributed by atoms with Gasteiger partial charge in [0.2, 0.25) is 0 Å². The van der Waals surface area contributed by atoms with Crippen molar-refractivity contribution in [2.24, 2.45) is 5.92 Å². The average Bonchev–Trinajstić information content (AvgIpc) is 2.81. The zero-order chi connectivity index (χ0) is 11.8. The molecule has 0 amide bonds. The van der Waals surface area contributed by atoms with Crippen LogP contribution in [0.2, 0.25) is 0 Å². The van der Waals surface area contributed by atoms with Crippen LogP contribution in [0.3, 0.4) is 0 Å². The van der Waals surface area contributed by atoms with Crippen molar-refractivity contribution in [1.82, 2.24) is 10.3 Å². The lowest BCUT2D eigenvalue weighted by atomic mass is 10.0. The lowest BCUT2D eigenvalue weighted by Gasteiger charge is -2.23. The molecule has 92 valence electrons. The number of oxazole rings is 1. The fraction of sp³-hybridized carbons (Fsp3) is 0.750. The molecule has 0 bridgehead atoms. The third-order valence-corrected chi connectivity index (χ3v) is 3.76. The number of thioether (sulfide) groups is 1. The van der Waals surface area contributed by atoms with E-state index in [1.807, 2.05) is 0 Å². The summed E-state index contributed by atoms with van der Waals surface area (Å²) in [5.41, 5.74) is 0. The van der Waals surface area contributed by atoms with Gasteiger partial charge in [-0.2, -0.15) is 0 Å². The van der Waals surface area contributed by atoms with Gasteiger partial charge in [0, 0.05) is 11.8 Å². The van der Waals surface area contributed by atoms with Crippen molar-refractivity contribution in [3.05, 3.63) is 12.5 Å². The molecule has 16 heavy (non-hydrogen) atoms. The molecule has 0 spiro atoms. The molecule has 2 unspecified atom stereocenters. The molecular formula is C12H22N2OS. The second kappa shape index (κ2) is 7.74. The monoisotopic (exact) mass is 242 g/mol. The van der Waals surface area contributed by atoms with Gasteiger partial charge in [-0.15, -0.1) is 0 Å². The number of nitrogens with zero attached hydrogens (tertiary/aromatic N) is 1. The molecule has 2 atom stereocenters. The summed E-state index contributed by atoms with van der Waals surface area (Å²) in [5.74, 6) is 1.71. The highest BCUT2D eigenvalue weighted by Gasteiger charge is 2.16. The van der Waals surface area contributed by atoms with Gasteiger partial charge in [0.15, 0.2) is 0 Å². The highest BCUT2D eigenvalue weighted by Crippen LogP contribution is 2.20. The van der Waals surface area contributed by atoms with Crippen LogP contribution in [0.5, 0.6) is 0 Å². The number of aromatic nitrogens is 1. The first kappa shape index (κ1) is 13.6. The fourth-order valence-electron chi connectivity index (χ4n) is 1.48. The maximum atomic E-state index is 5.23. The Kier molecular flexibility index (Phi) is 6.57. The van der Waals surface area contributed by atoms with E-state index in [1.54, 1.807) is 24.2 Å². The molecule has 0 aliphatic carbocycles. The van der Waals surface area contributed by atoms with E-state index in [-0.39, 0.29) is 0 Å². The van der Waals surface area contributed by atoms with Crippen LogP contribution in [-0.2, 0) is 0 Å². The van der Waals surface area contributed by atoms with Gasteiger partial charge in [-0.3, -0.25) is 0 Å². The minimum Gasteiger partial charge on any atom is -0.440 e. The normalized spacial score (nSPS) is 14.9. The molecule has 1 rings (SSSR count). The van der Waals surface area contributed by atoms with Crippen molar-refractivity contribution < 1.29 is 4.42 Å². The molecule has 4 heteroatoms. The summed E-state index contributed by atoms with van der Waals surface area (Å²) in [4.78, 5) is 4.12. The Hall–Kier alpha value is -0.480. The van der Waals surface area contributed by atoms with Crippen LogP contribution in [-0.4, -0.2) is 23.3 Å². The van der Waals surface area contributed by atoms with E-state index in [0.717, 1.165) is 17.5 Å². The summed E-state index contributed by atoms with van der Waals surface area (Å²) < 4.78 is 5.23. The van der Waals surface area contributed by atoms with Gasteiger partial charge in [-0.05, 0) is 18.9 Å². The third-order valence-electron chi connectivity index (χ3n) is 2.78. The van der Waals surface area contributed by atoms with E-state index in [0.29, 0.717) is 12.0 Å². The second-order valence-corrected chi connectivity index (χ2v) is 5.03. The maximum absolute atomic E-state index is 5.23. The Balaban J connectivity index is 2.37. The van der Waals surface area contributed by atoms with Crippen molar-refractivity contribution in [2.45, 2.75) is 44.9 Å². The standard InChI is InChI=1S/C12H22N2OS/c1-4-6-13-11(10(3)5-2)9-16-12-14-7-8-15-12/h7-8,10-11,13H,4-6,9H2,1-3H3. The first-order valence-corrected chi connectivity index (χ1v) is 7.02. The zero-order valence-electron chi connectivity index (χ0n) is 10.4. The summed E-state index contributed by atoms with van der Waals surface area (Å²) in [6, 6.07) is 0.543. The van der Waals surface area contributed by atoms with Gasteiger partial charge >= 0.3 is 0 Å². The van der Waals surface area contributed by atoms with E-state index >= 15 is 0 Å². The van der Waals surface area contributed by atoms with Gasteiger partial charge in [0.1, 0.15) is 6.26 Å². The van der Waals surface area contributed by atoms with E-state index in [1.165, 1.54) is 12.8 Å². The minimum absolute atomic E-state index is 0.543. The van der Waals surface area contributed by atoms with Gasteiger partial charge in [0.05, 0.1) is 6.20 Å². The molecule has 0 fully saturated rings. The van der Waals surface area contributed by atoms with E-state index in [4.69, 9.17) is 4.42 Å². The summed E-state index contributed by atoms with van der Waals surface area (Å²) in [6.45, 7) is 7.81. The third kappa shape index (κ3) is 4.58. The van der Waals surface area contributed by atoms with Crippen LogP contribution >= 0.6 is 11.8 Å². The van der Waals surface area contributed by atoms with Crippen LogP contribution in [0.4, 0.5) is 0 Å². The smallest absolute Gasteiger partial charge is 0.255 e. The lowest BCUT2D eigenvalue weighted by molar-refractivity contribution is 0.394. The van der Waals surface area contributed by atoms with E-state index in [9.17, 15) is 0 Å². The molecule has 0 aromatic carbocycles. The van der Waals surface area contributed by atoms with Crippen LogP contribution < -0.4 is 5.32 Å². The number of nitrogens with one attached hydrogen (secondary N) is 1. The molecule has 0 saturated heterocycles. The predicted octanol–water partition coefficient (Wildman–Crippen LogP) is 3.18. The van der Waals surface area contributed by atoms with Crippen LogP contribution in [0.15, 0.2) is 22.1 Å². The summed E-state index contributed by atoms with van der Waals surface area (Å²) in [7, 11) is 0. The molecular weight excluding hydrogens is 220 g/mol. The molecule has 1 heterocycles. The van der Waals surface area contributed by atoms with E-state index in [2.05, 4.69) is 31.1 Å². The maximum Gasteiger partial charge on any atom is 0.255 e. The first-order chi connectivity index (χ1) is 7.77. The fourth-order valence-corrected chi connectivity index (χ4v) is 2.51. The Morgan fingerprint density at radius 3 is 2.88 bits per heavy atom. The van der Waals surface area contributed by atoms with Crippen molar-refractivity contribution in [1.29, 1.82) is 0 Å². The molecule has 0 aliphatic rings. The van der Waals surface area contributed by atoms with Crippen LogP contribution in [0, 0.1) is 5.92 Å². The van der Waals surface area contributed by atoms with Crippen LogP contribution in [0.25, 0.3) is 0 Å². The Morgan fingerprint density at radius 1 is 1.50 bits per heavy atom. The molecule has 0 aliphatic heterocycles. The molecule has 1 aromatic heterocycles. The highest BCUT2D eigenvalue weighted by molar-refractivity contribution is 7.99.